The summed E-state index contributed by atoms with van der Waals surface area (Å²) in [7, 11) is 0. The third kappa shape index (κ3) is 9.62. The van der Waals surface area contributed by atoms with Gasteiger partial charge in [-0.25, -0.2) is 0 Å². The van der Waals surface area contributed by atoms with Crippen LogP contribution in [0.3, 0.4) is 0 Å². The number of halogens is 2. The molecule has 1 saturated carbocycles. The molecule has 0 spiro atoms. The zero-order chi connectivity index (χ0) is 24.3. The van der Waals surface area contributed by atoms with Crippen molar-refractivity contribution in [1.82, 2.24) is 0 Å². The first-order chi connectivity index (χ1) is 17.1. The molecular formula is C28H29Cl2NOS3. The van der Waals surface area contributed by atoms with Crippen LogP contribution in [0.15, 0.2) is 97.9 Å². The molecule has 0 amide bonds. The Labute approximate surface area is 231 Å². The monoisotopic (exact) mass is 561 g/mol. The summed E-state index contributed by atoms with van der Waals surface area (Å²) in [6, 6.07) is 26.2. The third-order valence-electron chi connectivity index (χ3n) is 5.67. The van der Waals surface area contributed by atoms with E-state index in [4.69, 9.17) is 32.3 Å². The van der Waals surface area contributed by atoms with Gasteiger partial charge in [0.2, 0.25) is 0 Å². The third-order valence-corrected chi connectivity index (χ3v) is 9.41. The van der Waals surface area contributed by atoms with Crippen LogP contribution in [-0.4, -0.2) is 17.1 Å². The van der Waals surface area contributed by atoms with Gasteiger partial charge in [0.05, 0.1) is 11.2 Å². The van der Waals surface area contributed by atoms with Crippen LogP contribution < -0.4 is 0 Å². The summed E-state index contributed by atoms with van der Waals surface area (Å²) in [6.07, 6.45) is 7.14. The summed E-state index contributed by atoms with van der Waals surface area (Å²) in [5, 5.41) is 1.48. The van der Waals surface area contributed by atoms with E-state index in [2.05, 4.69) is 24.3 Å². The molecule has 0 unspecified atom stereocenters. The Morgan fingerprint density at radius 1 is 0.800 bits per heavy atom. The molecule has 3 aromatic carbocycles. The van der Waals surface area contributed by atoms with Gasteiger partial charge in [-0.15, -0.1) is 23.5 Å². The fourth-order valence-electron chi connectivity index (χ4n) is 3.91. The summed E-state index contributed by atoms with van der Waals surface area (Å²) in [4.78, 5) is 3.35. The van der Waals surface area contributed by atoms with Crippen molar-refractivity contribution in [2.75, 3.05) is 6.61 Å². The zero-order valence-corrected chi connectivity index (χ0v) is 23.4. The maximum Gasteiger partial charge on any atom is 0.197 e. The Hall–Kier alpha value is -1.24. The summed E-state index contributed by atoms with van der Waals surface area (Å²) in [6.45, 7) is 0.741. The van der Waals surface area contributed by atoms with Crippen molar-refractivity contribution in [3.8, 4) is 0 Å². The Morgan fingerprint density at radius 2 is 1.40 bits per heavy atom. The highest BCUT2D eigenvalue weighted by molar-refractivity contribution is 8.17. The van der Waals surface area contributed by atoms with E-state index < -0.39 is 0 Å². The number of hydrogen-bond acceptors (Lipinski definition) is 5. The Morgan fingerprint density at radius 3 is 2.00 bits per heavy atom. The molecule has 0 atom stereocenters. The molecule has 0 aromatic heterocycles. The summed E-state index contributed by atoms with van der Waals surface area (Å²) in [5.41, 5.74) is 0. The molecule has 0 aliphatic heterocycles. The number of ether oxygens (including phenoxy) is 1. The minimum Gasteiger partial charge on any atom is -0.480 e. The lowest BCUT2D eigenvalue weighted by molar-refractivity contribution is 0.196. The van der Waals surface area contributed by atoms with Gasteiger partial charge in [-0.2, -0.15) is 4.40 Å². The van der Waals surface area contributed by atoms with Crippen molar-refractivity contribution in [2.24, 2.45) is 10.3 Å². The molecule has 0 radical (unpaired) electrons. The summed E-state index contributed by atoms with van der Waals surface area (Å²) < 4.78 is 11.4. The first-order valence-electron chi connectivity index (χ1n) is 11.9. The molecular weight excluding hydrogens is 533 g/mol. The summed E-state index contributed by atoms with van der Waals surface area (Å²) >= 11 is 17.6. The average Bonchev–Trinajstić information content (AvgIpc) is 2.87. The van der Waals surface area contributed by atoms with E-state index in [1.165, 1.54) is 44.1 Å². The number of rotatable bonds is 10. The molecule has 7 heteroatoms. The molecule has 4 rings (SSSR count). The fraction of sp³-hybridized carbons (Fsp3) is 0.321. The molecule has 0 bridgehead atoms. The SMILES string of the molecule is Clc1cccc(SC(CC(=NSc2ccccc2)OCC2CCCCC2)Sc2cccc(Cl)c2)c1. The van der Waals surface area contributed by atoms with E-state index in [0.29, 0.717) is 12.3 Å². The van der Waals surface area contributed by atoms with Gasteiger partial charge in [-0.05, 0) is 67.3 Å². The fourth-order valence-corrected chi connectivity index (χ4v) is 7.66. The molecule has 0 heterocycles. The van der Waals surface area contributed by atoms with Crippen LogP contribution in [0.5, 0.6) is 0 Å². The minimum absolute atomic E-state index is 0.147. The summed E-state index contributed by atoms with van der Waals surface area (Å²) in [5.74, 6) is 1.41. The zero-order valence-electron chi connectivity index (χ0n) is 19.4. The molecule has 0 saturated heterocycles. The lowest BCUT2D eigenvalue weighted by Gasteiger charge is -2.23. The Balaban J connectivity index is 1.52. The number of nitrogens with zero attached hydrogens (tertiary/aromatic N) is 1. The van der Waals surface area contributed by atoms with Crippen LogP contribution in [0.25, 0.3) is 0 Å². The lowest BCUT2D eigenvalue weighted by Crippen LogP contribution is -2.18. The van der Waals surface area contributed by atoms with Crippen molar-refractivity contribution in [3.63, 3.8) is 0 Å². The van der Waals surface area contributed by atoms with E-state index in [-0.39, 0.29) is 4.58 Å². The highest BCUT2D eigenvalue weighted by Gasteiger charge is 2.20. The van der Waals surface area contributed by atoms with Gasteiger partial charge < -0.3 is 4.74 Å². The van der Waals surface area contributed by atoms with Crippen LogP contribution in [-0.2, 0) is 4.74 Å². The minimum atomic E-state index is 0.147. The van der Waals surface area contributed by atoms with Crippen molar-refractivity contribution in [1.29, 1.82) is 0 Å². The molecule has 0 N–H and O–H groups in total. The van der Waals surface area contributed by atoms with Gasteiger partial charge in [0.15, 0.2) is 5.90 Å². The maximum atomic E-state index is 6.41. The van der Waals surface area contributed by atoms with Gasteiger partial charge in [-0.3, -0.25) is 0 Å². The second-order valence-electron chi connectivity index (χ2n) is 8.49. The normalized spacial score (nSPS) is 14.9. The standard InChI is InChI=1S/C28H29Cl2NOS3/c29-22-11-7-15-25(17-22)33-28(34-26-16-8-12-23(30)18-26)19-27(31-35-24-13-5-2-6-14-24)32-20-21-9-3-1-4-10-21/h2,5-8,11-18,21,28H,1,3-4,9-10,19-20H2. The molecule has 184 valence electrons. The van der Waals surface area contributed by atoms with Crippen molar-refractivity contribution >= 4 is 64.6 Å². The smallest absolute Gasteiger partial charge is 0.197 e. The predicted molar refractivity (Wildman–Crippen MR) is 155 cm³/mol. The first kappa shape index (κ1) is 26.8. The van der Waals surface area contributed by atoms with E-state index in [1.807, 2.05) is 54.6 Å². The largest absolute Gasteiger partial charge is 0.480 e. The average molecular weight is 563 g/mol. The highest BCUT2D eigenvalue weighted by atomic mass is 35.5. The van der Waals surface area contributed by atoms with Crippen molar-refractivity contribution < 1.29 is 4.74 Å². The highest BCUT2D eigenvalue weighted by Crippen LogP contribution is 2.39. The molecule has 3 aromatic rings. The van der Waals surface area contributed by atoms with Gasteiger partial charge in [0.25, 0.3) is 0 Å². The molecule has 1 fully saturated rings. The van der Waals surface area contributed by atoms with Gasteiger partial charge in [0.1, 0.15) is 0 Å². The topological polar surface area (TPSA) is 21.6 Å². The Kier molecular flexibility index (Phi) is 11.1. The van der Waals surface area contributed by atoms with E-state index in [9.17, 15) is 0 Å². The number of hydrogen-bond donors (Lipinski definition) is 0. The van der Waals surface area contributed by atoms with Crippen molar-refractivity contribution in [2.45, 2.75) is 57.8 Å². The molecule has 1 aliphatic rings. The van der Waals surface area contributed by atoms with Crippen LogP contribution in [0.4, 0.5) is 0 Å². The van der Waals surface area contributed by atoms with Crippen LogP contribution in [0.2, 0.25) is 10.0 Å². The van der Waals surface area contributed by atoms with Crippen LogP contribution >= 0.6 is 58.7 Å². The molecule has 1 aliphatic carbocycles. The maximum absolute atomic E-state index is 6.41. The van der Waals surface area contributed by atoms with Gasteiger partial charge in [0, 0.05) is 43.1 Å². The van der Waals surface area contributed by atoms with Crippen LogP contribution in [0, 0.1) is 5.92 Å². The second kappa shape index (κ2) is 14.5. The number of thioether (sulfide) groups is 2. The quantitative estimate of drug-likeness (QED) is 0.0806. The van der Waals surface area contributed by atoms with Crippen LogP contribution in [0.1, 0.15) is 38.5 Å². The molecule has 2 nitrogen and oxygen atoms in total. The molecule has 35 heavy (non-hydrogen) atoms. The lowest BCUT2D eigenvalue weighted by atomic mass is 9.90. The van der Waals surface area contributed by atoms with Gasteiger partial charge >= 0.3 is 0 Å². The predicted octanol–water partition coefficient (Wildman–Crippen LogP) is 10.3. The van der Waals surface area contributed by atoms with E-state index >= 15 is 0 Å². The Bertz CT molecular complexity index is 1040. The van der Waals surface area contributed by atoms with Gasteiger partial charge in [-0.1, -0.05) is 72.8 Å². The number of benzene rings is 3. The first-order valence-corrected chi connectivity index (χ1v) is 15.2. The van der Waals surface area contributed by atoms with E-state index in [0.717, 1.165) is 37.2 Å². The second-order valence-corrected chi connectivity index (χ2v) is 13.0. The van der Waals surface area contributed by atoms with Crippen molar-refractivity contribution in [3.05, 3.63) is 88.9 Å². The van der Waals surface area contributed by atoms with E-state index in [1.54, 1.807) is 23.5 Å².